The molecule has 2 N–H and O–H groups in total. The predicted molar refractivity (Wildman–Crippen MR) is 114 cm³/mol. The van der Waals surface area contributed by atoms with E-state index in [1.165, 1.54) is 83.5 Å². The van der Waals surface area contributed by atoms with Crippen LogP contribution in [-0.4, -0.2) is 24.2 Å². The standard InChI is InChI=1S/C23H47NO2/c1-3-5-7-9-10-11-12-13-14-16-20-24-21-17-19-22(23(25)26)18-15-8-6-4-2/h22,24H,3-21H2,1-2H3,(H,25,26). The van der Waals surface area contributed by atoms with Crippen molar-refractivity contribution in [2.75, 3.05) is 13.1 Å². The van der Waals surface area contributed by atoms with Crippen molar-refractivity contribution in [3.05, 3.63) is 0 Å². The monoisotopic (exact) mass is 369 g/mol. The molecule has 3 heteroatoms. The molecule has 0 aromatic rings. The summed E-state index contributed by atoms with van der Waals surface area (Å²) in [6.45, 7) is 6.52. The van der Waals surface area contributed by atoms with E-state index in [0.29, 0.717) is 0 Å². The molecule has 0 saturated heterocycles. The van der Waals surface area contributed by atoms with Gasteiger partial charge in [0.25, 0.3) is 0 Å². The number of aliphatic carboxylic acids is 1. The van der Waals surface area contributed by atoms with Crippen LogP contribution in [0.3, 0.4) is 0 Å². The number of carboxylic acids is 1. The molecule has 0 aliphatic rings. The van der Waals surface area contributed by atoms with Gasteiger partial charge in [0, 0.05) is 0 Å². The Labute approximate surface area is 163 Å². The minimum atomic E-state index is -0.601. The van der Waals surface area contributed by atoms with Crippen LogP contribution in [0.25, 0.3) is 0 Å². The van der Waals surface area contributed by atoms with Gasteiger partial charge in [0.2, 0.25) is 0 Å². The van der Waals surface area contributed by atoms with Crippen molar-refractivity contribution in [3.63, 3.8) is 0 Å². The fourth-order valence-corrected chi connectivity index (χ4v) is 3.54. The van der Waals surface area contributed by atoms with Crippen LogP contribution in [0.4, 0.5) is 0 Å². The molecule has 0 amide bonds. The Balaban J connectivity index is 3.33. The molecule has 1 atom stereocenters. The SMILES string of the molecule is CCCCCCCCCCCCNCCCC(CCCCCC)C(=O)O. The van der Waals surface area contributed by atoms with Crippen LogP contribution >= 0.6 is 0 Å². The highest BCUT2D eigenvalue weighted by molar-refractivity contribution is 5.69. The van der Waals surface area contributed by atoms with E-state index in [9.17, 15) is 9.90 Å². The number of rotatable bonds is 21. The molecule has 0 aromatic carbocycles. The largest absolute Gasteiger partial charge is 0.481 e. The van der Waals surface area contributed by atoms with Gasteiger partial charge in [-0.1, -0.05) is 97.3 Å². The highest BCUT2D eigenvalue weighted by Crippen LogP contribution is 2.16. The fraction of sp³-hybridized carbons (Fsp3) is 0.957. The van der Waals surface area contributed by atoms with Crippen LogP contribution in [0.2, 0.25) is 0 Å². The Bertz CT molecular complexity index is 294. The molecular weight excluding hydrogens is 322 g/mol. The predicted octanol–water partition coefficient (Wildman–Crippen LogP) is 6.95. The molecule has 156 valence electrons. The normalized spacial score (nSPS) is 12.4. The molecule has 0 aromatic heterocycles. The average Bonchev–Trinajstić information content (AvgIpc) is 2.63. The van der Waals surface area contributed by atoms with Crippen molar-refractivity contribution in [1.29, 1.82) is 0 Å². The fourth-order valence-electron chi connectivity index (χ4n) is 3.54. The van der Waals surface area contributed by atoms with E-state index in [0.717, 1.165) is 38.8 Å². The van der Waals surface area contributed by atoms with E-state index in [-0.39, 0.29) is 5.92 Å². The van der Waals surface area contributed by atoms with Crippen molar-refractivity contribution < 1.29 is 9.90 Å². The van der Waals surface area contributed by atoms with Gasteiger partial charge < -0.3 is 10.4 Å². The van der Waals surface area contributed by atoms with Crippen molar-refractivity contribution >= 4 is 5.97 Å². The highest BCUT2D eigenvalue weighted by Gasteiger charge is 2.15. The van der Waals surface area contributed by atoms with Gasteiger partial charge in [0.05, 0.1) is 5.92 Å². The number of nitrogens with one attached hydrogen (secondary N) is 1. The first-order valence-electron chi connectivity index (χ1n) is 11.7. The van der Waals surface area contributed by atoms with E-state index in [1.54, 1.807) is 0 Å². The Morgan fingerprint density at radius 2 is 1.08 bits per heavy atom. The molecule has 3 nitrogen and oxygen atoms in total. The number of hydrogen-bond acceptors (Lipinski definition) is 2. The van der Waals surface area contributed by atoms with E-state index in [1.807, 2.05) is 0 Å². The first kappa shape index (κ1) is 25.4. The zero-order chi connectivity index (χ0) is 19.3. The Kier molecular flexibility index (Phi) is 20.3. The number of carbonyl (C=O) groups is 1. The summed E-state index contributed by atoms with van der Waals surface area (Å²) in [7, 11) is 0. The number of hydrogen-bond donors (Lipinski definition) is 2. The second kappa shape index (κ2) is 20.7. The maximum Gasteiger partial charge on any atom is 0.306 e. The molecule has 0 fully saturated rings. The summed E-state index contributed by atoms with van der Waals surface area (Å²) < 4.78 is 0. The summed E-state index contributed by atoms with van der Waals surface area (Å²) in [5, 5.41) is 12.8. The molecular formula is C23H47NO2. The molecule has 0 bridgehead atoms. The zero-order valence-electron chi connectivity index (χ0n) is 17.9. The van der Waals surface area contributed by atoms with Gasteiger partial charge in [-0.25, -0.2) is 0 Å². The summed E-state index contributed by atoms with van der Waals surface area (Å²) in [5.41, 5.74) is 0. The summed E-state index contributed by atoms with van der Waals surface area (Å²) in [5.74, 6) is -0.734. The van der Waals surface area contributed by atoms with Crippen molar-refractivity contribution in [3.8, 4) is 0 Å². The molecule has 0 aliphatic carbocycles. The smallest absolute Gasteiger partial charge is 0.306 e. The van der Waals surface area contributed by atoms with Crippen molar-refractivity contribution in [2.24, 2.45) is 5.92 Å². The van der Waals surface area contributed by atoms with Gasteiger partial charge in [-0.15, -0.1) is 0 Å². The second-order valence-corrected chi connectivity index (χ2v) is 7.96. The van der Waals surface area contributed by atoms with Gasteiger partial charge >= 0.3 is 5.97 Å². The molecule has 0 heterocycles. The molecule has 0 spiro atoms. The molecule has 0 radical (unpaired) electrons. The third-order valence-electron chi connectivity index (χ3n) is 5.37. The van der Waals surface area contributed by atoms with Gasteiger partial charge in [-0.3, -0.25) is 4.79 Å². The van der Waals surface area contributed by atoms with E-state index in [2.05, 4.69) is 19.2 Å². The van der Waals surface area contributed by atoms with Crippen LogP contribution in [0.5, 0.6) is 0 Å². The lowest BCUT2D eigenvalue weighted by Gasteiger charge is -2.12. The first-order valence-corrected chi connectivity index (χ1v) is 11.7. The Morgan fingerprint density at radius 3 is 1.62 bits per heavy atom. The van der Waals surface area contributed by atoms with Gasteiger partial charge in [0.15, 0.2) is 0 Å². The lowest BCUT2D eigenvalue weighted by atomic mass is 9.96. The number of unbranched alkanes of at least 4 members (excludes halogenated alkanes) is 12. The Hall–Kier alpha value is -0.570. The molecule has 0 rings (SSSR count). The maximum absolute atomic E-state index is 11.3. The van der Waals surface area contributed by atoms with Crippen LogP contribution in [-0.2, 0) is 4.79 Å². The van der Waals surface area contributed by atoms with E-state index >= 15 is 0 Å². The Morgan fingerprint density at radius 1 is 0.654 bits per heavy atom. The van der Waals surface area contributed by atoms with E-state index < -0.39 is 5.97 Å². The second-order valence-electron chi connectivity index (χ2n) is 7.96. The number of carboxylic acid groups (broad SMARTS) is 1. The topological polar surface area (TPSA) is 49.3 Å². The minimum absolute atomic E-state index is 0.133. The van der Waals surface area contributed by atoms with Crippen LogP contribution in [0, 0.1) is 5.92 Å². The lowest BCUT2D eigenvalue weighted by molar-refractivity contribution is -0.142. The third-order valence-corrected chi connectivity index (χ3v) is 5.37. The molecule has 0 saturated carbocycles. The quantitative estimate of drug-likeness (QED) is 0.215. The molecule has 26 heavy (non-hydrogen) atoms. The van der Waals surface area contributed by atoms with Crippen molar-refractivity contribution in [2.45, 2.75) is 123 Å². The average molecular weight is 370 g/mol. The zero-order valence-corrected chi connectivity index (χ0v) is 17.9. The van der Waals surface area contributed by atoms with Crippen molar-refractivity contribution in [1.82, 2.24) is 5.32 Å². The summed E-state index contributed by atoms with van der Waals surface area (Å²) >= 11 is 0. The molecule has 1 unspecified atom stereocenters. The maximum atomic E-state index is 11.3. The third kappa shape index (κ3) is 18.2. The summed E-state index contributed by atoms with van der Waals surface area (Å²) in [4.78, 5) is 11.3. The van der Waals surface area contributed by atoms with Gasteiger partial charge in [-0.05, 0) is 38.8 Å². The van der Waals surface area contributed by atoms with Crippen LogP contribution < -0.4 is 5.32 Å². The van der Waals surface area contributed by atoms with Crippen LogP contribution in [0.15, 0.2) is 0 Å². The van der Waals surface area contributed by atoms with Gasteiger partial charge in [0.1, 0.15) is 0 Å². The molecule has 0 aliphatic heterocycles. The lowest BCUT2D eigenvalue weighted by Crippen LogP contribution is -2.20. The van der Waals surface area contributed by atoms with E-state index in [4.69, 9.17) is 0 Å². The highest BCUT2D eigenvalue weighted by atomic mass is 16.4. The summed E-state index contributed by atoms with van der Waals surface area (Å²) in [6, 6.07) is 0. The summed E-state index contributed by atoms with van der Waals surface area (Å²) in [6.07, 6.45) is 21.1. The van der Waals surface area contributed by atoms with Crippen LogP contribution in [0.1, 0.15) is 123 Å². The van der Waals surface area contributed by atoms with Gasteiger partial charge in [-0.2, -0.15) is 0 Å². The first-order chi connectivity index (χ1) is 12.7. The minimum Gasteiger partial charge on any atom is -0.481 e.